The number of nitrogens with zero attached hydrogens (tertiary/aromatic N) is 3. The predicted molar refractivity (Wildman–Crippen MR) is 62.1 cm³/mol. The molecule has 3 heterocycles. The van der Waals surface area contributed by atoms with Gasteiger partial charge in [0, 0.05) is 18.0 Å². The Hall–Kier alpha value is -1.75. The molecular weight excluding hydrogens is 216 g/mol. The summed E-state index contributed by atoms with van der Waals surface area (Å²) < 4.78 is 5.31. The number of piperidine rings is 1. The van der Waals surface area contributed by atoms with Gasteiger partial charge in [0.1, 0.15) is 0 Å². The maximum Gasteiger partial charge on any atom is 0.244 e. The van der Waals surface area contributed by atoms with Crippen molar-refractivity contribution in [1.29, 1.82) is 0 Å². The average molecular weight is 230 g/mol. The third-order valence-corrected chi connectivity index (χ3v) is 2.99. The van der Waals surface area contributed by atoms with Gasteiger partial charge in [-0.05, 0) is 31.5 Å². The molecule has 5 nitrogen and oxygen atoms in total. The van der Waals surface area contributed by atoms with Crippen molar-refractivity contribution in [2.24, 2.45) is 0 Å². The van der Waals surface area contributed by atoms with Gasteiger partial charge >= 0.3 is 0 Å². The van der Waals surface area contributed by atoms with E-state index in [0.717, 1.165) is 18.5 Å². The van der Waals surface area contributed by atoms with Crippen LogP contribution in [-0.2, 0) is 0 Å². The van der Waals surface area contributed by atoms with E-state index in [-0.39, 0.29) is 6.04 Å². The van der Waals surface area contributed by atoms with Crippen molar-refractivity contribution in [2.45, 2.75) is 25.3 Å². The molecule has 1 N–H and O–H groups in total. The second kappa shape index (κ2) is 4.63. The van der Waals surface area contributed by atoms with Gasteiger partial charge in [0.05, 0.1) is 6.04 Å². The number of pyridine rings is 1. The quantitative estimate of drug-likeness (QED) is 0.854. The molecule has 1 atom stereocenters. The first-order chi connectivity index (χ1) is 8.43. The largest absolute Gasteiger partial charge is 0.337 e. The SMILES string of the molecule is c1cc(-c2noc([C@H]3CCCCN3)n2)ccn1. The van der Waals surface area contributed by atoms with Crippen molar-refractivity contribution in [3.8, 4) is 11.4 Å². The second-order valence-corrected chi connectivity index (χ2v) is 4.19. The van der Waals surface area contributed by atoms with Gasteiger partial charge in [-0.2, -0.15) is 4.98 Å². The van der Waals surface area contributed by atoms with Crippen molar-refractivity contribution in [3.05, 3.63) is 30.4 Å². The molecule has 2 aromatic heterocycles. The maximum absolute atomic E-state index is 5.31. The highest BCUT2D eigenvalue weighted by atomic mass is 16.5. The Bertz CT molecular complexity index is 476. The minimum Gasteiger partial charge on any atom is -0.337 e. The Labute approximate surface area is 99.3 Å². The Morgan fingerprint density at radius 2 is 2.12 bits per heavy atom. The Kier molecular flexibility index (Phi) is 2.83. The van der Waals surface area contributed by atoms with Crippen LogP contribution in [0.4, 0.5) is 0 Å². The molecule has 1 fully saturated rings. The van der Waals surface area contributed by atoms with Crippen LogP contribution in [0.1, 0.15) is 31.2 Å². The molecule has 0 saturated carbocycles. The minimum absolute atomic E-state index is 0.215. The zero-order valence-corrected chi connectivity index (χ0v) is 9.47. The summed E-state index contributed by atoms with van der Waals surface area (Å²) >= 11 is 0. The summed E-state index contributed by atoms with van der Waals surface area (Å²) in [5.41, 5.74) is 0.936. The van der Waals surface area contributed by atoms with Crippen molar-refractivity contribution in [3.63, 3.8) is 0 Å². The summed E-state index contributed by atoms with van der Waals surface area (Å²) in [6.45, 7) is 1.03. The fourth-order valence-electron chi connectivity index (χ4n) is 2.06. The van der Waals surface area contributed by atoms with Gasteiger partial charge in [0.25, 0.3) is 0 Å². The minimum atomic E-state index is 0.215. The predicted octanol–water partition coefficient (Wildman–Crippen LogP) is 1.95. The summed E-state index contributed by atoms with van der Waals surface area (Å²) in [4.78, 5) is 8.41. The first-order valence-electron chi connectivity index (χ1n) is 5.91. The molecule has 0 bridgehead atoms. The number of aromatic nitrogens is 3. The van der Waals surface area contributed by atoms with Gasteiger partial charge in [0.2, 0.25) is 11.7 Å². The average Bonchev–Trinajstić information content (AvgIpc) is 2.90. The van der Waals surface area contributed by atoms with Crippen LogP contribution in [0.5, 0.6) is 0 Å². The fourth-order valence-corrected chi connectivity index (χ4v) is 2.06. The monoisotopic (exact) mass is 230 g/mol. The lowest BCUT2D eigenvalue weighted by molar-refractivity contribution is 0.297. The highest BCUT2D eigenvalue weighted by molar-refractivity contribution is 5.52. The van der Waals surface area contributed by atoms with E-state index in [1.807, 2.05) is 12.1 Å². The molecule has 1 saturated heterocycles. The number of rotatable bonds is 2. The second-order valence-electron chi connectivity index (χ2n) is 4.19. The maximum atomic E-state index is 5.31. The van der Waals surface area contributed by atoms with E-state index in [0.29, 0.717) is 11.7 Å². The molecule has 0 spiro atoms. The molecule has 0 radical (unpaired) electrons. The normalized spacial score (nSPS) is 20.4. The number of hydrogen-bond donors (Lipinski definition) is 1. The molecule has 0 unspecified atom stereocenters. The van der Waals surface area contributed by atoms with Gasteiger partial charge in [-0.1, -0.05) is 11.6 Å². The van der Waals surface area contributed by atoms with Crippen molar-refractivity contribution in [2.75, 3.05) is 6.54 Å². The van der Waals surface area contributed by atoms with E-state index in [4.69, 9.17) is 4.52 Å². The molecule has 0 aromatic carbocycles. The molecule has 0 amide bonds. The van der Waals surface area contributed by atoms with E-state index >= 15 is 0 Å². The van der Waals surface area contributed by atoms with E-state index < -0.39 is 0 Å². The fraction of sp³-hybridized carbons (Fsp3) is 0.417. The molecule has 1 aliphatic heterocycles. The van der Waals surface area contributed by atoms with Crippen LogP contribution >= 0.6 is 0 Å². The molecule has 88 valence electrons. The van der Waals surface area contributed by atoms with E-state index in [9.17, 15) is 0 Å². The molecule has 5 heteroatoms. The lowest BCUT2D eigenvalue weighted by Crippen LogP contribution is -2.26. The van der Waals surface area contributed by atoms with Crippen LogP contribution in [0.3, 0.4) is 0 Å². The van der Waals surface area contributed by atoms with Crippen LogP contribution in [-0.4, -0.2) is 21.7 Å². The summed E-state index contributed by atoms with van der Waals surface area (Å²) in [5.74, 6) is 1.33. The van der Waals surface area contributed by atoms with Gasteiger partial charge in [0.15, 0.2) is 0 Å². The highest BCUT2D eigenvalue weighted by Gasteiger charge is 2.21. The molecule has 17 heavy (non-hydrogen) atoms. The smallest absolute Gasteiger partial charge is 0.244 e. The summed E-state index contributed by atoms with van der Waals surface area (Å²) in [5, 5.41) is 7.40. The zero-order valence-electron chi connectivity index (χ0n) is 9.47. The van der Waals surface area contributed by atoms with Gasteiger partial charge in [-0.25, -0.2) is 0 Å². The van der Waals surface area contributed by atoms with Crippen LogP contribution in [0.25, 0.3) is 11.4 Å². The summed E-state index contributed by atoms with van der Waals surface area (Å²) in [6.07, 6.45) is 6.96. The molecule has 0 aliphatic carbocycles. The summed E-state index contributed by atoms with van der Waals surface area (Å²) in [7, 11) is 0. The van der Waals surface area contributed by atoms with E-state index in [1.54, 1.807) is 12.4 Å². The van der Waals surface area contributed by atoms with Gasteiger partial charge < -0.3 is 9.84 Å². The van der Waals surface area contributed by atoms with E-state index in [2.05, 4.69) is 20.4 Å². The lowest BCUT2D eigenvalue weighted by atomic mass is 10.1. The van der Waals surface area contributed by atoms with Gasteiger partial charge in [-0.3, -0.25) is 4.98 Å². The zero-order chi connectivity index (χ0) is 11.5. The molecule has 1 aliphatic rings. The van der Waals surface area contributed by atoms with Crippen molar-refractivity contribution in [1.82, 2.24) is 20.4 Å². The van der Waals surface area contributed by atoms with Crippen LogP contribution in [0, 0.1) is 0 Å². The van der Waals surface area contributed by atoms with Crippen molar-refractivity contribution >= 4 is 0 Å². The Balaban J connectivity index is 1.83. The lowest BCUT2D eigenvalue weighted by Gasteiger charge is -2.19. The Morgan fingerprint density at radius 1 is 1.24 bits per heavy atom. The first-order valence-corrected chi connectivity index (χ1v) is 5.91. The third-order valence-electron chi connectivity index (χ3n) is 2.99. The number of hydrogen-bond acceptors (Lipinski definition) is 5. The Morgan fingerprint density at radius 3 is 2.88 bits per heavy atom. The van der Waals surface area contributed by atoms with Gasteiger partial charge in [-0.15, -0.1) is 0 Å². The van der Waals surface area contributed by atoms with Crippen LogP contribution < -0.4 is 5.32 Å². The number of nitrogens with one attached hydrogen (secondary N) is 1. The topological polar surface area (TPSA) is 63.8 Å². The molecular formula is C12H14N4O. The summed E-state index contributed by atoms with van der Waals surface area (Å²) in [6, 6.07) is 3.97. The van der Waals surface area contributed by atoms with Crippen LogP contribution in [0.15, 0.2) is 29.0 Å². The highest BCUT2D eigenvalue weighted by Crippen LogP contribution is 2.23. The molecule has 2 aromatic rings. The third kappa shape index (κ3) is 2.19. The van der Waals surface area contributed by atoms with Crippen LogP contribution in [0.2, 0.25) is 0 Å². The standard InChI is InChI=1S/C12H14N4O/c1-2-6-14-10(3-1)12-15-11(16-17-12)9-4-7-13-8-5-9/h4-5,7-8,10,14H,1-3,6H2/t10-/m1/s1. The molecule has 3 rings (SSSR count). The first kappa shape index (κ1) is 10.4. The van der Waals surface area contributed by atoms with Crippen molar-refractivity contribution < 1.29 is 4.52 Å². The van der Waals surface area contributed by atoms with E-state index in [1.165, 1.54) is 12.8 Å².